The molecule has 0 atom stereocenters. The third-order valence-corrected chi connectivity index (χ3v) is 6.67. The Kier molecular flexibility index (Phi) is 6.30. The number of nitrogens with one attached hydrogen (secondary N) is 1. The Morgan fingerprint density at radius 3 is 2.50 bits per heavy atom. The van der Waals surface area contributed by atoms with E-state index >= 15 is 0 Å². The number of hydrogen-bond acceptors (Lipinski definition) is 7. The molecule has 174 valence electrons. The molecule has 0 saturated heterocycles. The van der Waals surface area contributed by atoms with E-state index in [1.807, 2.05) is 49.3 Å². The van der Waals surface area contributed by atoms with Gasteiger partial charge in [0.25, 0.3) is 5.91 Å². The maximum Gasteiger partial charge on any atom is 0.251 e. The number of aromatic nitrogens is 3. The maximum absolute atomic E-state index is 12.6. The molecule has 4 rings (SSSR count). The number of rotatable bonds is 6. The molecule has 1 amide bonds. The minimum atomic E-state index is -3.43. The van der Waals surface area contributed by atoms with E-state index in [9.17, 15) is 13.2 Å². The Bertz CT molecular complexity index is 1500. The predicted molar refractivity (Wildman–Crippen MR) is 133 cm³/mol. The first kappa shape index (κ1) is 23.3. The molecular weight excluding hydrogens is 450 g/mol. The highest BCUT2D eigenvalue weighted by Crippen LogP contribution is 2.24. The molecule has 9 heteroatoms. The number of carbonyl (C=O) groups excluding carboxylic acids is 1. The zero-order valence-corrected chi connectivity index (χ0v) is 20.2. The monoisotopic (exact) mass is 475 g/mol. The van der Waals surface area contributed by atoms with Crippen LogP contribution in [-0.4, -0.2) is 49.9 Å². The smallest absolute Gasteiger partial charge is 0.251 e. The maximum atomic E-state index is 12.6. The number of pyridine rings is 1. The van der Waals surface area contributed by atoms with Crippen LogP contribution in [0, 0.1) is 6.92 Å². The van der Waals surface area contributed by atoms with Gasteiger partial charge in [0.05, 0.1) is 28.3 Å². The number of benzene rings is 2. The van der Waals surface area contributed by atoms with Crippen molar-refractivity contribution < 1.29 is 13.2 Å². The van der Waals surface area contributed by atoms with Crippen LogP contribution in [0.4, 0.5) is 5.69 Å². The Labute approximate surface area is 198 Å². The van der Waals surface area contributed by atoms with Gasteiger partial charge in [-0.3, -0.25) is 4.79 Å². The lowest BCUT2D eigenvalue weighted by atomic mass is 10.1. The largest absolute Gasteiger partial charge is 0.378 e. The zero-order valence-electron chi connectivity index (χ0n) is 19.4. The molecular formula is C25H25N5O3S. The molecule has 1 N–H and O–H groups in total. The van der Waals surface area contributed by atoms with Crippen molar-refractivity contribution in [2.75, 3.05) is 25.3 Å². The highest BCUT2D eigenvalue weighted by atomic mass is 32.2. The van der Waals surface area contributed by atoms with E-state index in [1.54, 1.807) is 25.1 Å². The molecule has 0 radical (unpaired) electrons. The van der Waals surface area contributed by atoms with Crippen LogP contribution in [0.3, 0.4) is 0 Å². The molecule has 34 heavy (non-hydrogen) atoms. The van der Waals surface area contributed by atoms with Crippen molar-refractivity contribution in [2.24, 2.45) is 0 Å². The molecule has 2 heterocycles. The molecule has 0 aliphatic carbocycles. The van der Waals surface area contributed by atoms with E-state index in [-0.39, 0.29) is 17.0 Å². The quantitative estimate of drug-likeness (QED) is 0.456. The van der Waals surface area contributed by atoms with Crippen LogP contribution in [0.25, 0.3) is 22.3 Å². The second kappa shape index (κ2) is 9.18. The fraction of sp³-hybridized carbons (Fsp3) is 0.200. The molecule has 0 aliphatic rings. The number of anilines is 1. The number of nitrogens with zero attached hydrogens (tertiary/aromatic N) is 4. The number of sulfone groups is 1. The highest BCUT2D eigenvalue weighted by Gasteiger charge is 2.15. The number of aryl methyl sites for hydroxylation is 1. The number of fused-ring (bicyclic) bond motifs is 1. The van der Waals surface area contributed by atoms with Gasteiger partial charge in [-0.25, -0.2) is 13.4 Å². The normalized spacial score (nSPS) is 11.4. The van der Waals surface area contributed by atoms with Crippen molar-refractivity contribution in [3.8, 4) is 11.3 Å². The number of hydrogen-bond donors (Lipinski definition) is 1. The molecule has 2 aromatic heterocycles. The van der Waals surface area contributed by atoms with Crippen molar-refractivity contribution in [3.63, 3.8) is 0 Å². The summed E-state index contributed by atoms with van der Waals surface area (Å²) >= 11 is 0. The van der Waals surface area contributed by atoms with Crippen LogP contribution in [0.1, 0.15) is 21.6 Å². The highest BCUT2D eigenvalue weighted by molar-refractivity contribution is 7.90. The fourth-order valence-corrected chi connectivity index (χ4v) is 4.56. The number of amides is 1. The van der Waals surface area contributed by atoms with Crippen LogP contribution >= 0.6 is 0 Å². The van der Waals surface area contributed by atoms with Gasteiger partial charge in [0.1, 0.15) is 5.52 Å². The van der Waals surface area contributed by atoms with Gasteiger partial charge >= 0.3 is 0 Å². The standard InChI is InChI=1S/C25H25N5O3S/c1-16-8-9-18(13-24(16)34(4,32)33)25(31)26-15-19-14-23-22(29-28-19)11-10-21(27-23)17-6-5-7-20(12-17)30(2)3/h5-14H,15H2,1-4H3,(H,26,31). The average Bonchev–Trinajstić information content (AvgIpc) is 2.81. The topological polar surface area (TPSA) is 105 Å². The van der Waals surface area contributed by atoms with Gasteiger partial charge < -0.3 is 10.2 Å². The Balaban J connectivity index is 1.55. The summed E-state index contributed by atoms with van der Waals surface area (Å²) in [6.07, 6.45) is 1.12. The molecule has 0 aliphatic heterocycles. The molecule has 8 nitrogen and oxygen atoms in total. The van der Waals surface area contributed by atoms with Crippen LogP contribution < -0.4 is 10.2 Å². The first-order valence-corrected chi connectivity index (χ1v) is 12.5. The first-order valence-electron chi connectivity index (χ1n) is 10.6. The Hall–Kier alpha value is -3.85. The average molecular weight is 476 g/mol. The van der Waals surface area contributed by atoms with Crippen molar-refractivity contribution in [3.05, 3.63) is 77.5 Å². The minimum Gasteiger partial charge on any atom is -0.378 e. The van der Waals surface area contributed by atoms with Crippen LogP contribution in [0.2, 0.25) is 0 Å². The predicted octanol–water partition coefficient (Wildman–Crippen LogP) is 3.40. The van der Waals surface area contributed by atoms with Crippen molar-refractivity contribution in [1.29, 1.82) is 0 Å². The second-order valence-corrected chi connectivity index (χ2v) is 10.3. The lowest BCUT2D eigenvalue weighted by molar-refractivity contribution is 0.0950. The Morgan fingerprint density at radius 2 is 1.76 bits per heavy atom. The lowest BCUT2D eigenvalue weighted by Gasteiger charge is -2.13. The van der Waals surface area contributed by atoms with Crippen LogP contribution in [0.5, 0.6) is 0 Å². The second-order valence-electron chi connectivity index (χ2n) is 8.32. The van der Waals surface area contributed by atoms with Gasteiger partial charge in [0.15, 0.2) is 9.84 Å². The summed E-state index contributed by atoms with van der Waals surface area (Å²) in [5.74, 6) is -0.394. The van der Waals surface area contributed by atoms with Gasteiger partial charge in [-0.1, -0.05) is 18.2 Å². The SMILES string of the molecule is Cc1ccc(C(=O)NCc2cc3nc(-c4cccc(N(C)C)c4)ccc3nn2)cc1S(C)(=O)=O. The molecule has 0 saturated carbocycles. The molecule has 2 aromatic carbocycles. The fourth-order valence-electron chi connectivity index (χ4n) is 3.57. The summed E-state index contributed by atoms with van der Waals surface area (Å²) in [6.45, 7) is 1.83. The van der Waals surface area contributed by atoms with Crippen LogP contribution in [0.15, 0.2) is 65.6 Å². The van der Waals surface area contributed by atoms with Gasteiger partial charge in [-0.2, -0.15) is 5.10 Å². The van der Waals surface area contributed by atoms with Crippen molar-refractivity contribution in [2.45, 2.75) is 18.4 Å². The Morgan fingerprint density at radius 1 is 0.971 bits per heavy atom. The summed E-state index contributed by atoms with van der Waals surface area (Å²) in [5, 5.41) is 11.2. The lowest BCUT2D eigenvalue weighted by Crippen LogP contribution is -2.24. The van der Waals surface area contributed by atoms with Gasteiger partial charge in [-0.15, -0.1) is 5.10 Å². The van der Waals surface area contributed by atoms with Crippen molar-refractivity contribution in [1.82, 2.24) is 20.5 Å². The summed E-state index contributed by atoms with van der Waals surface area (Å²) in [5.41, 5.74) is 5.60. The van der Waals surface area contributed by atoms with Crippen molar-refractivity contribution >= 4 is 32.5 Å². The first-order chi connectivity index (χ1) is 16.1. The molecule has 0 spiro atoms. The molecule has 0 bridgehead atoms. The van der Waals surface area contributed by atoms with E-state index in [0.29, 0.717) is 22.3 Å². The van der Waals surface area contributed by atoms with E-state index in [2.05, 4.69) is 21.6 Å². The van der Waals surface area contributed by atoms with E-state index in [1.165, 1.54) is 6.07 Å². The zero-order chi connectivity index (χ0) is 24.5. The summed E-state index contributed by atoms with van der Waals surface area (Å²) in [7, 11) is 0.547. The molecule has 0 unspecified atom stereocenters. The third kappa shape index (κ3) is 5.04. The molecule has 0 fully saturated rings. The summed E-state index contributed by atoms with van der Waals surface area (Å²) in [4.78, 5) is 19.5. The van der Waals surface area contributed by atoms with E-state index in [4.69, 9.17) is 4.98 Å². The third-order valence-electron chi connectivity index (χ3n) is 5.43. The van der Waals surface area contributed by atoms with Gasteiger partial charge in [0.2, 0.25) is 0 Å². The molecule has 4 aromatic rings. The number of carbonyl (C=O) groups is 1. The summed E-state index contributed by atoms with van der Waals surface area (Å²) in [6, 6.07) is 18.3. The minimum absolute atomic E-state index is 0.131. The van der Waals surface area contributed by atoms with Gasteiger partial charge in [0, 0.05) is 37.2 Å². The van der Waals surface area contributed by atoms with Crippen LogP contribution in [-0.2, 0) is 16.4 Å². The van der Waals surface area contributed by atoms with E-state index < -0.39 is 15.7 Å². The van der Waals surface area contributed by atoms with E-state index in [0.717, 1.165) is 23.2 Å². The summed E-state index contributed by atoms with van der Waals surface area (Å²) < 4.78 is 23.9. The van der Waals surface area contributed by atoms with Gasteiger partial charge in [-0.05, 0) is 55.0 Å².